The van der Waals surface area contributed by atoms with Gasteiger partial charge in [0.05, 0.1) is 24.9 Å². The maximum Gasteiger partial charge on any atom is 0.338 e. The average molecular weight is 483 g/mol. The van der Waals surface area contributed by atoms with Gasteiger partial charge >= 0.3 is 17.9 Å². The molecule has 0 spiro atoms. The molecule has 8 heteroatoms. The summed E-state index contributed by atoms with van der Waals surface area (Å²) in [6, 6.07) is 3.13. The number of esters is 3. The Morgan fingerprint density at radius 3 is 2.00 bits per heavy atom. The van der Waals surface area contributed by atoms with E-state index in [1.807, 2.05) is 0 Å². The molecule has 2 aromatic rings. The molecule has 1 aromatic heterocycles. The third-order valence-electron chi connectivity index (χ3n) is 4.95. The number of carbonyl (C=O) groups excluding carboxylic acids is 3. The first-order valence-corrected chi connectivity index (χ1v) is 11.1. The van der Waals surface area contributed by atoms with Gasteiger partial charge in [0.2, 0.25) is 0 Å². The Morgan fingerprint density at radius 2 is 1.40 bits per heavy atom. The molecule has 8 nitrogen and oxygen atoms in total. The standard InChI is InChI=1S/C27H30O8/c1-16(2)25(29)32-11-8-7-9-19-13-23-21(14-22(19)35-27(31)18(5)6)24(28)20(15-34-23)10-12-33-26(30)17(3)4/h13-15H,1,3,5,7-12H2,2,4,6H3. The summed E-state index contributed by atoms with van der Waals surface area (Å²) in [5.41, 5.74) is 1.79. The molecular weight excluding hydrogens is 452 g/mol. The van der Waals surface area contributed by atoms with Gasteiger partial charge in [0, 0.05) is 28.7 Å². The second-order valence-corrected chi connectivity index (χ2v) is 8.26. The van der Waals surface area contributed by atoms with Crippen LogP contribution in [-0.4, -0.2) is 31.1 Å². The summed E-state index contributed by atoms with van der Waals surface area (Å²) < 4.78 is 21.3. The van der Waals surface area contributed by atoms with E-state index in [2.05, 4.69) is 19.7 Å². The second kappa shape index (κ2) is 12.5. The van der Waals surface area contributed by atoms with Crippen molar-refractivity contribution in [1.82, 2.24) is 0 Å². The molecule has 0 radical (unpaired) electrons. The monoisotopic (exact) mass is 482 g/mol. The number of hydrogen-bond donors (Lipinski definition) is 0. The van der Waals surface area contributed by atoms with Crippen LogP contribution in [0.3, 0.4) is 0 Å². The van der Waals surface area contributed by atoms with Crippen LogP contribution < -0.4 is 10.2 Å². The molecule has 0 N–H and O–H groups in total. The fraction of sp³-hybridized carbons (Fsp3) is 0.333. The molecule has 0 saturated heterocycles. The van der Waals surface area contributed by atoms with Crippen LogP contribution in [0.1, 0.15) is 44.7 Å². The van der Waals surface area contributed by atoms with Crippen LogP contribution in [0.25, 0.3) is 11.0 Å². The van der Waals surface area contributed by atoms with Crippen molar-refractivity contribution < 1.29 is 33.0 Å². The lowest BCUT2D eigenvalue weighted by atomic mass is 10.0. The largest absolute Gasteiger partial charge is 0.464 e. The Morgan fingerprint density at radius 1 is 0.800 bits per heavy atom. The summed E-state index contributed by atoms with van der Waals surface area (Å²) in [4.78, 5) is 48.2. The lowest BCUT2D eigenvalue weighted by Crippen LogP contribution is -2.15. The van der Waals surface area contributed by atoms with Gasteiger partial charge in [-0.1, -0.05) is 19.7 Å². The molecule has 0 bridgehead atoms. The number of hydrogen-bond acceptors (Lipinski definition) is 8. The number of unbranched alkanes of at least 4 members (excludes halogenated alkanes) is 1. The van der Waals surface area contributed by atoms with Crippen LogP contribution in [0, 0.1) is 0 Å². The fourth-order valence-electron chi connectivity index (χ4n) is 2.97. The van der Waals surface area contributed by atoms with Gasteiger partial charge < -0.3 is 18.6 Å². The zero-order valence-corrected chi connectivity index (χ0v) is 20.4. The average Bonchev–Trinajstić information content (AvgIpc) is 2.80. The predicted octanol–water partition coefficient (Wildman–Crippen LogP) is 4.38. The van der Waals surface area contributed by atoms with Crippen LogP contribution in [-0.2, 0) is 36.7 Å². The van der Waals surface area contributed by atoms with E-state index in [0.717, 1.165) is 0 Å². The van der Waals surface area contributed by atoms with Crippen LogP contribution in [0.15, 0.2) is 64.1 Å². The highest BCUT2D eigenvalue weighted by Crippen LogP contribution is 2.27. The Hall–Kier alpha value is -3.94. The van der Waals surface area contributed by atoms with E-state index in [-0.39, 0.29) is 47.3 Å². The number of aryl methyl sites for hydroxylation is 1. The minimum atomic E-state index is -0.617. The van der Waals surface area contributed by atoms with Gasteiger partial charge in [0.15, 0.2) is 5.43 Å². The number of rotatable bonds is 12. The van der Waals surface area contributed by atoms with E-state index in [4.69, 9.17) is 18.6 Å². The van der Waals surface area contributed by atoms with E-state index in [0.29, 0.717) is 41.5 Å². The Bertz CT molecular complexity index is 1230. The summed E-state index contributed by atoms with van der Waals surface area (Å²) in [6.45, 7) is 15.5. The van der Waals surface area contributed by atoms with Gasteiger partial charge in [0.25, 0.3) is 0 Å². The van der Waals surface area contributed by atoms with E-state index in [1.165, 1.54) is 26.2 Å². The molecule has 0 aliphatic rings. The zero-order valence-electron chi connectivity index (χ0n) is 20.4. The molecule has 1 aromatic carbocycles. The van der Waals surface area contributed by atoms with E-state index in [1.54, 1.807) is 13.0 Å². The highest BCUT2D eigenvalue weighted by atomic mass is 16.5. The first kappa shape index (κ1) is 27.3. The van der Waals surface area contributed by atoms with Gasteiger partial charge in [-0.25, -0.2) is 14.4 Å². The molecule has 0 atom stereocenters. The number of ether oxygens (including phenoxy) is 3. The molecule has 186 valence electrons. The SMILES string of the molecule is C=C(C)C(=O)OCCCCc1cc2occ(CCOC(=O)C(=C)C)c(=O)c2cc1OC(=O)C(=C)C. The number of carbonyl (C=O) groups is 3. The van der Waals surface area contributed by atoms with Gasteiger partial charge in [0.1, 0.15) is 11.3 Å². The summed E-state index contributed by atoms with van der Waals surface area (Å²) in [6.07, 6.45) is 3.18. The quantitative estimate of drug-likeness (QED) is 0.190. The molecule has 2 rings (SSSR count). The Kier molecular flexibility index (Phi) is 9.75. The van der Waals surface area contributed by atoms with Gasteiger partial charge in [-0.05, 0) is 57.7 Å². The molecular formula is C27H30O8. The van der Waals surface area contributed by atoms with Gasteiger partial charge in [-0.3, -0.25) is 4.79 Å². The first-order chi connectivity index (χ1) is 16.5. The first-order valence-electron chi connectivity index (χ1n) is 11.1. The van der Waals surface area contributed by atoms with Crippen molar-refractivity contribution in [2.75, 3.05) is 13.2 Å². The second-order valence-electron chi connectivity index (χ2n) is 8.26. The molecule has 0 fully saturated rings. The van der Waals surface area contributed by atoms with Crippen molar-refractivity contribution in [3.63, 3.8) is 0 Å². The van der Waals surface area contributed by atoms with E-state index < -0.39 is 17.9 Å². The van der Waals surface area contributed by atoms with Crippen molar-refractivity contribution in [3.05, 3.63) is 76.2 Å². The summed E-state index contributed by atoms with van der Waals surface area (Å²) in [7, 11) is 0. The molecule has 0 aliphatic carbocycles. The van der Waals surface area contributed by atoms with Crippen molar-refractivity contribution in [1.29, 1.82) is 0 Å². The minimum absolute atomic E-state index is 0.00645. The van der Waals surface area contributed by atoms with Gasteiger partial charge in [-0.15, -0.1) is 0 Å². The molecule has 35 heavy (non-hydrogen) atoms. The van der Waals surface area contributed by atoms with Gasteiger partial charge in [-0.2, -0.15) is 0 Å². The third kappa shape index (κ3) is 7.81. The maximum absolute atomic E-state index is 13.0. The van der Waals surface area contributed by atoms with Crippen LogP contribution in [0.4, 0.5) is 0 Å². The van der Waals surface area contributed by atoms with Crippen LogP contribution >= 0.6 is 0 Å². The summed E-state index contributed by atoms with van der Waals surface area (Å²) in [5, 5.41) is 0.234. The maximum atomic E-state index is 13.0. The Balaban J connectivity index is 2.24. The van der Waals surface area contributed by atoms with Crippen LogP contribution in [0.2, 0.25) is 0 Å². The highest BCUT2D eigenvalue weighted by Gasteiger charge is 2.16. The number of benzene rings is 1. The smallest absolute Gasteiger partial charge is 0.338 e. The van der Waals surface area contributed by atoms with Crippen LogP contribution in [0.5, 0.6) is 5.75 Å². The lowest BCUT2D eigenvalue weighted by molar-refractivity contribution is -0.139. The van der Waals surface area contributed by atoms with Crippen molar-refractivity contribution in [2.45, 2.75) is 46.5 Å². The predicted molar refractivity (Wildman–Crippen MR) is 131 cm³/mol. The van der Waals surface area contributed by atoms with Crippen molar-refractivity contribution in [2.24, 2.45) is 0 Å². The third-order valence-corrected chi connectivity index (χ3v) is 4.95. The topological polar surface area (TPSA) is 109 Å². The minimum Gasteiger partial charge on any atom is -0.464 e. The molecule has 0 unspecified atom stereocenters. The van der Waals surface area contributed by atoms with Crippen molar-refractivity contribution in [3.8, 4) is 5.75 Å². The zero-order chi connectivity index (χ0) is 26.1. The molecule has 0 amide bonds. The van der Waals surface area contributed by atoms with Crippen molar-refractivity contribution >= 4 is 28.9 Å². The molecule has 0 saturated carbocycles. The molecule has 0 aliphatic heterocycles. The summed E-state index contributed by atoms with van der Waals surface area (Å²) >= 11 is 0. The lowest BCUT2D eigenvalue weighted by Gasteiger charge is -2.12. The normalized spacial score (nSPS) is 10.5. The highest BCUT2D eigenvalue weighted by molar-refractivity contribution is 5.90. The molecule has 1 heterocycles. The Labute approximate surface area is 203 Å². The fourth-order valence-corrected chi connectivity index (χ4v) is 2.97. The number of fused-ring (bicyclic) bond motifs is 1. The van der Waals surface area contributed by atoms with E-state index in [9.17, 15) is 19.2 Å². The summed E-state index contributed by atoms with van der Waals surface area (Å²) in [5.74, 6) is -1.38. The van der Waals surface area contributed by atoms with E-state index >= 15 is 0 Å².